The number of rotatable bonds is 6. The van der Waals surface area contributed by atoms with Crippen molar-refractivity contribution in [1.29, 1.82) is 0 Å². The second kappa shape index (κ2) is 6.50. The van der Waals surface area contributed by atoms with Crippen molar-refractivity contribution in [2.75, 3.05) is 0 Å². The van der Waals surface area contributed by atoms with Gasteiger partial charge in [0.1, 0.15) is 0 Å². The van der Waals surface area contributed by atoms with Crippen LogP contribution in [-0.4, -0.2) is 18.2 Å². The molecule has 1 atom stereocenters. The van der Waals surface area contributed by atoms with Crippen LogP contribution in [0.5, 0.6) is 0 Å². The van der Waals surface area contributed by atoms with Gasteiger partial charge in [-0.25, -0.2) is 13.2 Å². The summed E-state index contributed by atoms with van der Waals surface area (Å²) in [4.78, 5) is 10.2. The molecular formula is C15H23F3O2Si. The van der Waals surface area contributed by atoms with Crippen molar-refractivity contribution < 1.29 is 23.1 Å². The summed E-state index contributed by atoms with van der Waals surface area (Å²) < 4.78 is 39.1. The van der Waals surface area contributed by atoms with Gasteiger partial charge < -0.3 is 9.90 Å². The van der Waals surface area contributed by atoms with Gasteiger partial charge in [-0.2, -0.15) is 0 Å². The van der Waals surface area contributed by atoms with E-state index < -0.39 is 31.9 Å². The molecule has 21 heavy (non-hydrogen) atoms. The van der Waals surface area contributed by atoms with Crippen LogP contribution in [0, 0.1) is 17.5 Å². The molecule has 0 saturated carbocycles. The Morgan fingerprint density at radius 2 is 1.62 bits per heavy atom. The van der Waals surface area contributed by atoms with E-state index in [-0.39, 0.29) is 10.6 Å². The van der Waals surface area contributed by atoms with Gasteiger partial charge in [-0.15, -0.1) is 0 Å². The maximum Gasteiger partial charge on any atom is 0.194 e. The van der Waals surface area contributed by atoms with E-state index in [1.54, 1.807) is 0 Å². The van der Waals surface area contributed by atoms with Crippen molar-refractivity contribution in [1.82, 2.24) is 0 Å². The predicted molar refractivity (Wildman–Crippen MR) is 78.9 cm³/mol. The van der Waals surface area contributed by atoms with E-state index in [1.165, 1.54) is 0 Å². The molecule has 0 aliphatic rings. The minimum absolute atomic E-state index is 0.0321. The average Bonchev–Trinajstić information content (AvgIpc) is 2.33. The molecule has 0 fully saturated rings. The number of halogens is 3. The molecule has 0 radical (unpaired) electrons. The number of aliphatic hydroxyl groups excluding tert-OH is 1. The molecule has 6 heteroatoms. The third-order valence-electron chi connectivity index (χ3n) is 4.33. The van der Waals surface area contributed by atoms with E-state index in [0.717, 1.165) is 12.1 Å². The topological polar surface area (TPSA) is 40.5 Å². The van der Waals surface area contributed by atoms with Crippen molar-refractivity contribution in [3.63, 3.8) is 0 Å². The van der Waals surface area contributed by atoms with Gasteiger partial charge in [0.05, 0.1) is 6.10 Å². The van der Waals surface area contributed by atoms with Gasteiger partial charge in [0, 0.05) is 0 Å². The van der Waals surface area contributed by atoms with Gasteiger partial charge in [-0.05, 0) is 48.7 Å². The highest BCUT2D eigenvalue weighted by Crippen LogP contribution is 2.40. The summed E-state index contributed by atoms with van der Waals surface area (Å²) in [6.07, 6.45) is 0.560. The predicted octanol–water partition coefficient (Wildman–Crippen LogP) is 4.29. The Labute approximate surface area is 124 Å². The number of hydrogen-bond donors (Lipinski definition) is 2. The zero-order chi connectivity index (χ0) is 16.4. The monoisotopic (exact) mass is 320 g/mol. The van der Waals surface area contributed by atoms with E-state index in [4.69, 9.17) is 0 Å². The molecule has 2 N–H and O–H groups in total. The Kier molecular flexibility index (Phi) is 5.63. The maximum atomic E-state index is 13.1. The fourth-order valence-electron chi connectivity index (χ4n) is 1.98. The standard InChI is InChI=1S/C15H23F3O2Si/c1-15(2,21(3,4)20)7-5-6-13(19)10-8-11(16)14(18)12(17)9-10/h8-9,13,19-20H,5-7H2,1-4H3. The Bertz CT molecular complexity index is 475. The van der Waals surface area contributed by atoms with Crippen molar-refractivity contribution in [2.45, 2.75) is 57.3 Å². The van der Waals surface area contributed by atoms with Gasteiger partial charge in [0.2, 0.25) is 0 Å². The molecular weight excluding hydrogens is 297 g/mol. The SMILES string of the molecule is CC(C)(CCCC(O)c1cc(F)c(F)c(F)c1)[Si](C)(C)O. The number of benzene rings is 1. The highest BCUT2D eigenvalue weighted by molar-refractivity contribution is 6.72. The zero-order valence-corrected chi connectivity index (χ0v) is 13.9. The third-order valence-corrected chi connectivity index (χ3v) is 7.89. The van der Waals surface area contributed by atoms with Gasteiger partial charge in [0.15, 0.2) is 25.8 Å². The fraction of sp³-hybridized carbons (Fsp3) is 0.600. The van der Waals surface area contributed by atoms with Crippen molar-refractivity contribution >= 4 is 8.32 Å². The smallest absolute Gasteiger partial charge is 0.194 e. The first-order valence-corrected chi connectivity index (χ1v) is 9.95. The number of aliphatic hydroxyl groups is 1. The van der Waals surface area contributed by atoms with Crippen LogP contribution in [0.2, 0.25) is 18.1 Å². The van der Waals surface area contributed by atoms with Crippen LogP contribution in [0.3, 0.4) is 0 Å². The molecule has 1 aromatic carbocycles. The molecule has 1 rings (SSSR count). The van der Waals surface area contributed by atoms with Crippen LogP contribution in [-0.2, 0) is 0 Å². The lowest BCUT2D eigenvalue weighted by molar-refractivity contribution is 0.160. The maximum absolute atomic E-state index is 13.1. The van der Waals surface area contributed by atoms with Crippen LogP contribution in [0.1, 0.15) is 44.8 Å². The zero-order valence-electron chi connectivity index (χ0n) is 12.9. The largest absolute Gasteiger partial charge is 0.432 e. The average molecular weight is 320 g/mol. The molecule has 1 aromatic rings. The lowest BCUT2D eigenvalue weighted by Gasteiger charge is -2.35. The van der Waals surface area contributed by atoms with Crippen LogP contribution in [0.15, 0.2) is 12.1 Å². The summed E-state index contributed by atoms with van der Waals surface area (Å²) in [5.74, 6) is -4.12. The molecule has 0 amide bonds. The second-order valence-corrected chi connectivity index (χ2v) is 11.1. The summed E-state index contributed by atoms with van der Waals surface area (Å²) in [6, 6.07) is 1.64. The molecule has 2 nitrogen and oxygen atoms in total. The van der Waals surface area contributed by atoms with Crippen LogP contribution in [0.25, 0.3) is 0 Å². The molecule has 0 saturated heterocycles. The Hall–Kier alpha value is -0.853. The number of hydrogen-bond acceptors (Lipinski definition) is 2. The van der Waals surface area contributed by atoms with Crippen molar-refractivity contribution in [3.8, 4) is 0 Å². The molecule has 120 valence electrons. The Morgan fingerprint density at radius 1 is 1.14 bits per heavy atom. The molecule has 0 bridgehead atoms. The van der Waals surface area contributed by atoms with Crippen LogP contribution < -0.4 is 0 Å². The van der Waals surface area contributed by atoms with Crippen molar-refractivity contribution in [2.24, 2.45) is 0 Å². The van der Waals surface area contributed by atoms with Crippen molar-refractivity contribution in [3.05, 3.63) is 35.1 Å². The summed E-state index contributed by atoms with van der Waals surface area (Å²) in [6.45, 7) is 7.66. The van der Waals surface area contributed by atoms with E-state index in [9.17, 15) is 23.1 Å². The first-order chi connectivity index (χ1) is 9.45. The Balaban J connectivity index is 2.65. The summed E-state index contributed by atoms with van der Waals surface area (Å²) in [7, 11) is -2.31. The van der Waals surface area contributed by atoms with E-state index in [1.807, 2.05) is 26.9 Å². The minimum atomic E-state index is -2.31. The lowest BCUT2D eigenvalue weighted by atomic mass is 9.99. The first kappa shape index (κ1) is 18.2. The van der Waals surface area contributed by atoms with Crippen LogP contribution >= 0.6 is 0 Å². The van der Waals surface area contributed by atoms with Gasteiger partial charge in [-0.1, -0.05) is 20.3 Å². The first-order valence-electron chi connectivity index (χ1n) is 7.00. The second-order valence-electron chi connectivity index (χ2n) is 6.65. The molecule has 0 aliphatic heterocycles. The Morgan fingerprint density at radius 3 is 2.05 bits per heavy atom. The van der Waals surface area contributed by atoms with E-state index in [2.05, 4.69) is 0 Å². The van der Waals surface area contributed by atoms with E-state index in [0.29, 0.717) is 19.3 Å². The highest BCUT2D eigenvalue weighted by Gasteiger charge is 2.37. The van der Waals surface area contributed by atoms with Crippen LogP contribution in [0.4, 0.5) is 13.2 Å². The van der Waals surface area contributed by atoms with E-state index >= 15 is 0 Å². The lowest BCUT2D eigenvalue weighted by Crippen LogP contribution is -2.38. The van der Waals surface area contributed by atoms with Gasteiger partial charge >= 0.3 is 0 Å². The fourth-order valence-corrected chi connectivity index (χ4v) is 2.77. The normalized spacial score (nSPS) is 14.3. The minimum Gasteiger partial charge on any atom is -0.432 e. The third kappa shape index (κ3) is 4.56. The molecule has 0 heterocycles. The molecule has 1 unspecified atom stereocenters. The summed E-state index contributed by atoms with van der Waals surface area (Å²) >= 11 is 0. The quantitative estimate of drug-likeness (QED) is 0.606. The molecule has 0 aromatic heterocycles. The molecule has 0 spiro atoms. The summed E-state index contributed by atoms with van der Waals surface area (Å²) in [5, 5.41) is 9.74. The molecule has 0 aliphatic carbocycles. The highest BCUT2D eigenvalue weighted by atomic mass is 28.4. The summed E-state index contributed by atoms with van der Waals surface area (Å²) in [5.41, 5.74) is 0.0321. The van der Waals surface area contributed by atoms with Gasteiger partial charge in [-0.3, -0.25) is 0 Å². The van der Waals surface area contributed by atoms with Gasteiger partial charge in [0.25, 0.3) is 0 Å².